The number of pyridine rings is 1. The minimum atomic E-state index is -4.78. The zero-order valence-corrected chi connectivity index (χ0v) is 14.9. The van der Waals surface area contributed by atoms with E-state index in [2.05, 4.69) is 25.3 Å². The van der Waals surface area contributed by atoms with Gasteiger partial charge in [-0.1, -0.05) is 11.8 Å². The minimum absolute atomic E-state index is 0.122. The van der Waals surface area contributed by atoms with Crippen LogP contribution in [0.15, 0.2) is 53.8 Å². The quantitative estimate of drug-likeness (QED) is 0.790. The van der Waals surface area contributed by atoms with Gasteiger partial charge in [-0.2, -0.15) is 0 Å². The van der Waals surface area contributed by atoms with E-state index < -0.39 is 23.3 Å². The molecule has 1 fully saturated rings. The average molecular weight is 410 g/mol. The van der Waals surface area contributed by atoms with Gasteiger partial charge in [0.1, 0.15) is 11.0 Å². The number of ether oxygens (including phenoxy) is 1. The number of rotatable bonds is 5. The van der Waals surface area contributed by atoms with E-state index in [0.717, 1.165) is 23.9 Å². The molecule has 1 aliphatic heterocycles. The molecular weight excluding hydrogens is 397 g/mol. The van der Waals surface area contributed by atoms with Crippen LogP contribution < -0.4 is 15.4 Å². The number of aliphatic imine (C=N–C) groups is 1. The van der Waals surface area contributed by atoms with E-state index in [0.29, 0.717) is 10.9 Å². The fourth-order valence-electron chi connectivity index (χ4n) is 2.25. The number of halogens is 3. The van der Waals surface area contributed by atoms with Crippen molar-refractivity contribution in [3.8, 4) is 5.75 Å². The first-order valence-corrected chi connectivity index (χ1v) is 8.78. The van der Waals surface area contributed by atoms with Crippen LogP contribution in [0.4, 0.5) is 24.5 Å². The molecule has 1 aromatic carbocycles. The van der Waals surface area contributed by atoms with Gasteiger partial charge in [-0.25, -0.2) is 4.99 Å². The van der Waals surface area contributed by atoms with Crippen molar-refractivity contribution < 1.29 is 27.5 Å². The Hall–Kier alpha value is -3.08. The number of nitrogens with zero attached hydrogens (tertiary/aromatic N) is 2. The maximum Gasteiger partial charge on any atom is 0.573 e. The van der Waals surface area contributed by atoms with E-state index in [1.807, 2.05) is 0 Å². The molecule has 2 amide bonds. The molecular formula is C17H13F3N4O3S. The number of carbonyl (C=O) groups is 2. The molecule has 3 rings (SSSR count). The van der Waals surface area contributed by atoms with Gasteiger partial charge in [0.25, 0.3) is 0 Å². The molecule has 1 aliphatic rings. The third-order valence-electron chi connectivity index (χ3n) is 3.40. The number of amidine groups is 1. The second kappa shape index (κ2) is 8.30. The van der Waals surface area contributed by atoms with Gasteiger partial charge < -0.3 is 15.4 Å². The minimum Gasteiger partial charge on any atom is -0.406 e. The van der Waals surface area contributed by atoms with Gasteiger partial charge in [0.05, 0.1) is 11.9 Å². The van der Waals surface area contributed by atoms with Crippen LogP contribution in [0.1, 0.15) is 6.42 Å². The second-order valence-electron chi connectivity index (χ2n) is 5.55. The lowest BCUT2D eigenvalue weighted by atomic mass is 10.2. The Balaban J connectivity index is 1.55. The van der Waals surface area contributed by atoms with Gasteiger partial charge in [-0.05, 0) is 36.4 Å². The highest BCUT2D eigenvalue weighted by molar-refractivity contribution is 8.15. The van der Waals surface area contributed by atoms with Gasteiger partial charge >= 0.3 is 6.36 Å². The highest BCUT2D eigenvalue weighted by Crippen LogP contribution is 2.26. The number of anilines is 1. The molecule has 2 aromatic rings. The van der Waals surface area contributed by atoms with Crippen LogP contribution in [-0.4, -0.2) is 33.6 Å². The lowest BCUT2D eigenvalue weighted by molar-refractivity contribution is -0.274. The summed E-state index contributed by atoms with van der Waals surface area (Å²) in [5.41, 5.74) is 0.851. The van der Waals surface area contributed by atoms with Crippen LogP contribution >= 0.6 is 11.8 Å². The molecule has 28 heavy (non-hydrogen) atoms. The molecule has 1 atom stereocenters. The van der Waals surface area contributed by atoms with Crippen LogP contribution in [0.3, 0.4) is 0 Å². The summed E-state index contributed by atoms with van der Waals surface area (Å²) < 4.78 is 40.2. The molecule has 7 nitrogen and oxygen atoms in total. The molecule has 0 saturated carbocycles. The number of hydrogen-bond acceptors (Lipinski definition) is 6. The van der Waals surface area contributed by atoms with Gasteiger partial charge in [-0.3, -0.25) is 14.6 Å². The lowest BCUT2D eigenvalue weighted by Gasteiger charge is -2.10. The van der Waals surface area contributed by atoms with Crippen LogP contribution in [0, 0.1) is 0 Å². The molecule has 1 aromatic heterocycles. The summed E-state index contributed by atoms with van der Waals surface area (Å²) in [5, 5.41) is 4.82. The predicted octanol–water partition coefficient (Wildman–Crippen LogP) is 3.23. The summed E-state index contributed by atoms with van der Waals surface area (Å²) in [7, 11) is 0. The summed E-state index contributed by atoms with van der Waals surface area (Å²) in [6.07, 6.45) is -1.78. The van der Waals surface area contributed by atoms with Crippen LogP contribution in [0.5, 0.6) is 5.75 Å². The molecule has 146 valence electrons. The average Bonchev–Trinajstić information content (AvgIpc) is 2.95. The fraction of sp³-hybridized carbons (Fsp3) is 0.176. The highest BCUT2D eigenvalue weighted by Gasteiger charge is 2.32. The van der Waals surface area contributed by atoms with Crippen molar-refractivity contribution in [3.05, 3.63) is 48.8 Å². The Morgan fingerprint density at radius 1 is 1.29 bits per heavy atom. The monoisotopic (exact) mass is 410 g/mol. The summed E-state index contributed by atoms with van der Waals surface area (Å²) in [6.45, 7) is 0. The smallest absolute Gasteiger partial charge is 0.406 e. The van der Waals surface area contributed by atoms with Gasteiger partial charge in [0.15, 0.2) is 5.17 Å². The molecule has 11 heteroatoms. The number of carbonyl (C=O) groups excluding carboxylic acids is 2. The third kappa shape index (κ3) is 5.71. The number of alkyl halides is 3. The zero-order valence-electron chi connectivity index (χ0n) is 14.1. The molecule has 1 saturated heterocycles. The first-order chi connectivity index (χ1) is 13.3. The molecule has 0 radical (unpaired) electrons. The lowest BCUT2D eigenvalue weighted by Crippen LogP contribution is -2.28. The van der Waals surface area contributed by atoms with Crippen molar-refractivity contribution in [2.24, 2.45) is 4.99 Å². The van der Waals surface area contributed by atoms with Gasteiger partial charge in [-0.15, -0.1) is 13.2 Å². The Morgan fingerprint density at radius 3 is 2.68 bits per heavy atom. The van der Waals surface area contributed by atoms with E-state index in [9.17, 15) is 22.8 Å². The fourth-order valence-corrected chi connectivity index (χ4v) is 3.24. The number of benzene rings is 1. The maximum absolute atomic E-state index is 12.1. The predicted molar refractivity (Wildman–Crippen MR) is 97.2 cm³/mol. The number of amides is 2. The molecule has 0 aliphatic carbocycles. The highest BCUT2D eigenvalue weighted by atomic mass is 32.2. The summed E-state index contributed by atoms with van der Waals surface area (Å²) in [5.74, 6) is -1.20. The Morgan fingerprint density at radius 2 is 2.04 bits per heavy atom. The summed E-state index contributed by atoms with van der Waals surface area (Å²) in [6, 6.07) is 8.14. The van der Waals surface area contributed by atoms with Crippen molar-refractivity contribution in [2.75, 3.05) is 5.32 Å². The topological polar surface area (TPSA) is 92.7 Å². The van der Waals surface area contributed by atoms with E-state index in [4.69, 9.17) is 0 Å². The van der Waals surface area contributed by atoms with Crippen molar-refractivity contribution >= 4 is 40.1 Å². The van der Waals surface area contributed by atoms with E-state index in [1.165, 1.54) is 18.3 Å². The van der Waals surface area contributed by atoms with Crippen molar-refractivity contribution in [3.63, 3.8) is 0 Å². The second-order valence-corrected chi connectivity index (χ2v) is 6.74. The number of aromatic nitrogens is 1. The Kier molecular flexibility index (Phi) is 5.83. The SMILES string of the molecule is O=C(C[C@H]1SC(=Nc2cccnc2)NC1=O)Nc1ccc(OC(F)(F)F)cc1. The summed E-state index contributed by atoms with van der Waals surface area (Å²) >= 11 is 1.12. The van der Waals surface area contributed by atoms with Gasteiger partial charge in [0, 0.05) is 18.3 Å². The van der Waals surface area contributed by atoms with Crippen molar-refractivity contribution in [2.45, 2.75) is 18.0 Å². The molecule has 0 unspecified atom stereocenters. The molecule has 0 bridgehead atoms. The largest absolute Gasteiger partial charge is 0.573 e. The summed E-state index contributed by atoms with van der Waals surface area (Å²) in [4.78, 5) is 32.3. The normalized spacial score (nSPS) is 18.0. The van der Waals surface area contributed by atoms with Crippen LogP contribution in [-0.2, 0) is 9.59 Å². The first-order valence-electron chi connectivity index (χ1n) is 7.90. The first kappa shape index (κ1) is 19.7. The Labute approximate surface area is 161 Å². The van der Waals surface area contributed by atoms with Crippen LogP contribution in [0.25, 0.3) is 0 Å². The number of hydrogen-bond donors (Lipinski definition) is 2. The number of thioether (sulfide) groups is 1. The molecule has 2 heterocycles. The Bertz CT molecular complexity index is 889. The number of nitrogens with one attached hydrogen (secondary N) is 2. The van der Waals surface area contributed by atoms with E-state index >= 15 is 0 Å². The van der Waals surface area contributed by atoms with Gasteiger partial charge in [0.2, 0.25) is 11.8 Å². The van der Waals surface area contributed by atoms with E-state index in [-0.39, 0.29) is 18.0 Å². The maximum atomic E-state index is 12.1. The van der Waals surface area contributed by atoms with Crippen LogP contribution in [0.2, 0.25) is 0 Å². The van der Waals surface area contributed by atoms with E-state index in [1.54, 1.807) is 18.3 Å². The van der Waals surface area contributed by atoms with Crippen molar-refractivity contribution in [1.29, 1.82) is 0 Å². The standard InChI is InChI=1S/C17H13F3N4O3S/c18-17(19,20)27-12-5-3-10(4-6-12)22-14(25)8-13-15(26)24-16(28-13)23-11-2-1-7-21-9-11/h1-7,9,13H,8H2,(H,22,25)(H,23,24,26)/t13-/m1/s1. The molecule has 0 spiro atoms. The van der Waals surface area contributed by atoms with Crippen molar-refractivity contribution in [1.82, 2.24) is 10.3 Å². The molecule has 2 N–H and O–H groups in total. The zero-order chi connectivity index (χ0) is 20.1. The third-order valence-corrected chi connectivity index (χ3v) is 4.48.